The van der Waals surface area contributed by atoms with Crippen LogP contribution in [0.2, 0.25) is 0 Å². The van der Waals surface area contributed by atoms with Crippen molar-refractivity contribution in [3.05, 3.63) is 23.7 Å². The Morgan fingerprint density at radius 2 is 2.28 bits per heavy atom. The van der Waals surface area contributed by atoms with Gasteiger partial charge in [0.25, 0.3) is 0 Å². The minimum Gasteiger partial charge on any atom is -0.383 e. The van der Waals surface area contributed by atoms with Gasteiger partial charge in [-0.25, -0.2) is 9.97 Å². The number of rotatable bonds is 1. The summed E-state index contributed by atoms with van der Waals surface area (Å²) in [6.07, 6.45) is 7.48. The van der Waals surface area contributed by atoms with E-state index in [1.54, 1.807) is 0 Å². The van der Waals surface area contributed by atoms with E-state index in [1.165, 1.54) is 6.33 Å². The van der Waals surface area contributed by atoms with Crippen LogP contribution in [0.1, 0.15) is 17.7 Å². The molecule has 18 heavy (non-hydrogen) atoms. The standard InChI is InChI=1S/C13H19N5/c1-18-5-3-9(7-18)13(15)4-2-11-10(6-13)12(14)17-8-16-11/h2,4,8-9H,3,5-7,15H2,1H3,(H2,14,16,17)/t9-,13?/m0/s1. The molecule has 0 bridgehead atoms. The molecule has 2 heterocycles. The molecule has 2 atom stereocenters. The van der Waals surface area contributed by atoms with Gasteiger partial charge in [0.1, 0.15) is 12.1 Å². The van der Waals surface area contributed by atoms with E-state index >= 15 is 0 Å². The van der Waals surface area contributed by atoms with Crippen molar-refractivity contribution in [2.24, 2.45) is 11.7 Å². The van der Waals surface area contributed by atoms with Crippen LogP contribution in [0.25, 0.3) is 6.08 Å². The molecule has 96 valence electrons. The van der Waals surface area contributed by atoms with Gasteiger partial charge in [-0.1, -0.05) is 6.08 Å². The molecule has 0 saturated carbocycles. The topological polar surface area (TPSA) is 81.1 Å². The zero-order valence-corrected chi connectivity index (χ0v) is 10.6. The third-order valence-corrected chi connectivity index (χ3v) is 4.20. The Balaban J connectivity index is 1.92. The van der Waals surface area contributed by atoms with Crippen molar-refractivity contribution in [1.82, 2.24) is 14.9 Å². The first-order chi connectivity index (χ1) is 8.58. The van der Waals surface area contributed by atoms with Crippen molar-refractivity contribution >= 4 is 11.9 Å². The van der Waals surface area contributed by atoms with Gasteiger partial charge < -0.3 is 16.4 Å². The molecule has 5 heteroatoms. The summed E-state index contributed by atoms with van der Waals surface area (Å²) in [5.41, 5.74) is 14.1. The molecule has 0 aromatic carbocycles. The molecule has 0 amide bonds. The lowest BCUT2D eigenvalue weighted by Crippen LogP contribution is -2.49. The van der Waals surface area contributed by atoms with Gasteiger partial charge >= 0.3 is 0 Å². The highest BCUT2D eigenvalue weighted by Gasteiger charge is 2.39. The van der Waals surface area contributed by atoms with E-state index in [-0.39, 0.29) is 5.54 Å². The molecule has 1 aromatic heterocycles. The average molecular weight is 245 g/mol. The zero-order chi connectivity index (χ0) is 12.8. The van der Waals surface area contributed by atoms with Gasteiger partial charge in [0.05, 0.1) is 5.69 Å². The van der Waals surface area contributed by atoms with Gasteiger partial charge in [-0.3, -0.25) is 0 Å². The van der Waals surface area contributed by atoms with Crippen molar-refractivity contribution in [2.75, 3.05) is 25.9 Å². The Labute approximate surface area is 107 Å². The van der Waals surface area contributed by atoms with Crippen LogP contribution < -0.4 is 11.5 Å². The molecular weight excluding hydrogens is 226 g/mol. The lowest BCUT2D eigenvalue weighted by molar-refractivity contribution is 0.315. The van der Waals surface area contributed by atoms with Gasteiger partial charge in [-0.15, -0.1) is 0 Å². The number of nitrogens with two attached hydrogens (primary N) is 2. The molecule has 2 aliphatic rings. The molecule has 0 radical (unpaired) electrons. The molecular formula is C13H19N5. The second-order valence-electron chi connectivity index (χ2n) is 5.49. The Kier molecular flexibility index (Phi) is 2.60. The number of fused-ring (bicyclic) bond motifs is 1. The molecule has 1 unspecified atom stereocenters. The van der Waals surface area contributed by atoms with Crippen LogP contribution in [-0.2, 0) is 6.42 Å². The van der Waals surface area contributed by atoms with E-state index in [9.17, 15) is 0 Å². The first kappa shape index (κ1) is 11.6. The maximum atomic E-state index is 6.59. The summed E-state index contributed by atoms with van der Waals surface area (Å²) >= 11 is 0. The van der Waals surface area contributed by atoms with Crippen LogP contribution in [0.5, 0.6) is 0 Å². The number of anilines is 1. The zero-order valence-electron chi connectivity index (χ0n) is 10.6. The summed E-state index contributed by atoms with van der Waals surface area (Å²) in [6, 6.07) is 0. The number of hydrogen-bond donors (Lipinski definition) is 2. The summed E-state index contributed by atoms with van der Waals surface area (Å²) in [4.78, 5) is 10.6. The van der Waals surface area contributed by atoms with E-state index in [4.69, 9.17) is 11.5 Å². The molecule has 5 nitrogen and oxygen atoms in total. The Morgan fingerprint density at radius 1 is 1.44 bits per heavy atom. The van der Waals surface area contributed by atoms with E-state index < -0.39 is 0 Å². The monoisotopic (exact) mass is 245 g/mol. The van der Waals surface area contributed by atoms with Gasteiger partial charge in [-0.2, -0.15) is 0 Å². The second-order valence-corrected chi connectivity index (χ2v) is 5.49. The molecule has 1 fully saturated rings. The number of aromatic nitrogens is 2. The summed E-state index contributed by atoms with van der Waals surface area (Å²) in [7, 11) is 2.14. The van der Waals surface area contributed by atoms with Crippen LogP contribution >= 0.6 is 0 Å². The molecule has 1 aliphatic heterocycles. The Morgan fingerprint density at radius 3 is 3.00 bits per heavy atom. The third-order valence-electron chi connectivity index (χ3n) is 4.20. The van der Waals surface area contributed by atoms with E-state index in [0.717, 1.165) is 37.2 Å². The highest BCUT2D eigenvalue weighted by atomic mass is 15.1. The maximum Gasteiger partial charge on any atom is 0.130 e. The number of hydrogen-bond acceptors (Lipinski definition) is 5. The normalized spacial score (nSPS) is 31.6. The summed E-state index contributed by atoms with van der Waals surface area (Å²) in [5.74, 6) is 1.04. The first-order valence-electron chi connectivity index (χ1n) is 6.34. The second kappa shape index (κ2) is 4.03. The molecule has 4 N–H and O–H groups in total. The molecule has 1 aliphatic carbocycles. The lowest BCUT2D eigenvalue weighted by Gasteiger charge is -2.35. The van der Waals surface area contributed by atoms with Crippen molar-refractivity contribution in [1.29, 1.82) is 0 Å². The lowest BCUT2D eigenvalue weighted by atomic mass is 9.76. The van der Waals surface area contributed by atoms with Crippen molar-refractivity contribution < 1.29 is 0 Å². The van der Waals surface area contributed by atoms with Gasteiger partial charge in [0, 0.05) is 24.1 Å². The summed E-state index contributed by atoms with van der Waals surface area (Å²) < 4.78 is 0. The highest BCUT2D eigenvalue weighted by molar-refractivity contribution is 5.61. The Bertz CT molecular complexity index is 498. The maximum absolute atomic E-state index is 6.59. The van der Waals surface area contributed by atoms with E-state index in [1.807, 2.05) is 6.08 Å². The highest BCUT2D eigenvalue weighted by Crippen LogP contribution is 2.34. The van der Waals surface area contributed by atoms with Gasteiger partial charge in [-0.05, 0) is 32.0 Å². The van der Waals surface area contributed by atoms with Crippen LogP contribution in [-0.4, -0.2) is 40.5 Å². The quantitative estimate of drug-likeness (QED) is 0.742. The molecule has 1 aromatic rings. The number of likely N-dealkylation sites (tertiary alicyclic amines) is 1. The van der Waals surface area contributed by atoms with E-state index in [2.05, 4.69) is 28.0 Å². The minimum absolute atomic E-state index is 0.309. The smallest absolute Gasteiger partial charge is 0.130 e. The fourth-order valence-corrected chi connectivity index (χ4v) is 3.02. The number of nitrogens with zero attached hydrogens (tertiary/aromatic N) is 3. The van der Waals surface area contributed by atoms with E-state index in [0.29, 0.717) is 11.7 Å². The fourth-order valence-electron chi connectivity index (χ4n) is 3.02. The van der Waals surface area contributed by atoms with Gasteiger partial charge in [0.2, 0.25) is 0 Å². The number of nitrogen functional groups attached to an aromatic ring is 1. The molecule has 3 rings (SSSR count). The van der Waals surface area contributed by atoms with Crippen LogP contribution in [0, 0.1) is 5.92 Å². The predicted molar refractivity (Wildman–Crippen MR) is 71.7 cm³/mol. The first-order valence-corrected chi connectivity index (χ1v) is 6.34. The van der Waals surface area contributed by atoms with Crippen molar-refractivity contribution in [2.45, 2.75) is 18.4 Å². The van der Waals surface area contributed by atoms with Gasteiger partial charge in [0.15, 0.2) is 0 Å². The predicted octanol–water partition coefficient (Wildman–Crippen LogP) is 0.277. The van der Waals surface area contributed by atoms with Crippen molar-refractivity contribution in [3.63, 3.8) is 0 Å². The fraction of sp³-hybridized carbons (Fsp3) is 0.538. The summed E-state index contributed by atoms with van der Waals surface area (Å²) in [6.45, 7) is 2.16. The largest absolute Gasteiger partial charge is 0.383 e. The van der Waals surface area contributed by atoms with Crippen LogP contribution in [0.3, 0.4) is 0 Å². The minimum atomic E-state index is -0.309. The molecule has 1 saturated heterocycles. The summed E-state index contributed by atoms with van der Waals surface area (Å²) in [5, 5.41) is 0. The van der Waals surface area contributed by atoms with Crippen LogP contribution in [0.4, 0.5) is 5.82 Å². The van der Waals surface area contributed by atoms with Crippen molar-refractivity contribution in [3.8, 4) is 0 Å². The SMILES string of the molecule is CN1CC[C@H](C2(N)C=Cc3ncnc(N)c3C2)C1. The third kappa shape index (κ3) is 1.79. The Hall–Kier alpha value is -1.46. The van der Waals surface area contributed by atoms with Crippen LogP contribution in [0.15, 0.2) is 12.4 Å². The molecule has 0 spiro atoms. The average Bonchev–Trinajstić information content (AvgIpc) is 2.78.